The molecule has 0 bridgehead atoms. The predicted octanol–water partition coefficient (Wildman–Crippen LogP) is 3.07. The van der Waals surface area contributed by atoms with E-state index in [1.165, 1.54) is 30.1 Å². The molecular weight excluding hydrogens is 308 g/mol. The fourth-order valence-electron chi connectivity index (χ4n) is 2.33. The third-order valence-electron chi connectivity index (χ3n) is 3.74. The van der Waals surface area contributed by atoms with E-state index in [0.717, 1.165) is 10.7 Å². The molecule has 0 aromatic carbocycles. The monoisotopic (exact) mass is 324 g/mol. The third kappa shape index (κ3) is 3.27. The van der Waals surface area contributed by atoms with E-state index in [2.05, 4.69) is 15.4 Å². The van der Waals surface area contributed by atoms with Crippen molar-refractivity contribution in [3.05, 3.63) is 37.7 Å². The standard InChI is InChI=1S/C14H17ClN4OS/c1-9-8-21-12(18-9)6-16-13-11(15)5-17-19(14(13)20)7-10-3-2-4-10/h5,8,10,16H,2-4,6-7H2,1H3. The molecule has 2 aromatic rings. The van der Waals surface area contributed by atoms with Crippen LogP contribution in [0.15, 0.2) is 16.4 Å². The smallest absolute Gasteiger partial charge is 0.291 e. The lowest BCUT2D eigenvalue weighted by Crippen LogP contribution is -2.30. The maximum absolute atomic E-state index is 12.4. The lowest BCUT2D eigenvalue weighted by Gasteiger charge is -2.25. The SMILES string of the molecule is Cc1csc(CNc2c(Cl)cnn(CC3CCC3)c2=O)n1. The Kier molecular flexibility index (Phi) is 4.26. The van der Waals surface area contributed by atoms with Crippen molar-refractivity contribution >= 4 is 28.6 Å². The number of hydrogen-bond acceptors (Lipinski definition) is 5. The molecular formula is C14H17ClN4OS. The van der Waals surface area contributed by atoms with Crippen molar-refractivity contribution in [2.75, 3.05) is 5.32 Å². The first-order chi connectivity index (χ1) is 10.1. The van der Waals surface area contributed by atoms with Crippen LogP contribution in [-0.2, 0) is 13.1 Å². The van der Waals surface area contributed by atoms with Crippen molar-refractivity contribution in [3.63, 3.8) is 0 Å². The van der Waals surface area contributed by atoms with Crippen LogP contribution in [0.5, 0.6) is 0 Å². The highest BCUT2D eigenvalue weighted by Crippen LogP contribution is 2.27. The summed E-state index contributed by atoms with van der Waals surface area (Å²) < 4.78 is 1.52. The Morgan fingerprint density at radius 3 is 2.95 bits per heavy atom. The first-order valence-corrected chi connectivity index (χ1v) is 8.29. The Balaban J connectivity index is 1.76. The zero-order valence-corrected chi connectivity index (χ0v) is 13.4. The van der Waals surface area contributed by atoms with Gasteiger partial charge in [0.15, 0.2) is 0 Å². The zero-order chi connectivity index (χ0) is 14.8. The van der Waals surface area contributed by atoms with Crippen LogP contribution in [0.4, 0.5) is 5.69 Å². The van der Waals surface area contributed by atoms with Gasteiger partial charge in [-0.3, -0.25) is 4.79 Å². The molecule has 0 unspecified atom stereocenters. The predicted molar refractivity (Wildman–Crippen MR) is 85.0 cm³/mol. The van der Waals surface area contributed by atoms with E-state index in [-0.39, 0.29) is 5.56 Å². The number of nitrogens with zero attached hydrogens (tertiary/aromatic N) is 3. The number of halogens is 1. The maximum atomic E-state index is 12.4. The van der Waals surface area contributed by atoms with Gasteiger partial charge in [-0.15, -0.1) is 11.3 Å². The van der Waals surface area contributed by atoms with E-state index >= 15 is 0 Å². The second kappa shape index (κ2) is 6.15. The summed E-state index contributed by atoms with van der Waals surface area (Å²) in [4.78, 5) is 16.8. The molecule has 0 saturated heterocycles. The number of hydrogen-bond donors (Lipinski definition) is 1. The molecule has 1 saturated carbocycles. The average Bonchev–Trinajstić information content (AvgIpc) is 2.81. The van der Waals surface area contributed by atoms with Crippen LogP contribution in [0.25, 0.3) is 0 Å². The normalized spacial score (nSPS) is 15.0. The van der Waals surface area contributed by atoms with E-state index in [1.54, 1.807) is 11.3 Å². The lowest BCUT2D eigenvalue weighted by atomic mass is 9.85. The fourth-order valence-corrected chi connectivity index (χ4v) is 3.23. The summed E-state index contributed by atoms with van der Waals surface area (Å²) >= 11 is 7.67. The van der Waals surface area contributed by atoms with Crippen LogP contribution in [0.1, 0.15) is 30.0 Å². The number of aryl methyl sites for hydroxylation is 1. The molecule has 21 heavy (non-hydrogen) atoms. The molecule has 5 nitrogen and oxygen atoms in total. The van der Waals surface area contributed by atoms with Gasteiger partial charge in [0.25, 0.3) is 5.56 Å². The Morgan fingerprint density at radius 2 is 2.33 bits per heavy atom. The summed E-state index contributed by atoms with van der Waals surface area (Å²) in [5.74, 6) is 0.575. The molecule has 3 rings (SSSR count). The molecule has 1 fully saturated rings. The molecule has 0 aliphatic heterocycles. The molecule has 1 N–H and O–H groups in total. The number of thiazole rings is 1. The van der Waals surface area contributed by atoms with Crippen LogP contribution in [0.2, 0.25) is 5.02 Å². The van der Waals surface area contributed by atoms with Crippen LogP contribution in [-0.4, -0.2) is 14.8 Å². The van der Waals surface area contributed by atoms with Crippen LogP contribution in [0.3, 0.4) is 0 Å². The third-order valence-corrected chi connectivity index (χ3v) is 4.99. The highest BCUT2D eigenvalue weighted by Gasteiger charge is 2.20. The van der Waals surface area contributed by atoms with Crippen molar-refractivity contribution in [1.82, 2.24) is 14.8 Å². The van der Waals surface area contributed by atoms with Crippen LogP contribution >= 0.6 is 22.9 Å². The first-order valence-electron chi connectivity index (χ1n) is 7.04. The molecule has 1 aliphatic rings. The van der Waals surface area contributed by atoms with Crippen LogP contribution < -0.4 is 10.9 Å². The molecule has 0 spiro atoms. The minimum Gasteiger partial charge on any atom is -0.373 e. The second-order valence-corrected chi connectivity index (χ2v) is 6.74. The fraction of sp³-hybridized carbons (Fsp3) is 0.500. The van der Waals surface area contributed by atoms with E-state index < -0.39 is 0 Å². The Labute approximate surface area is 132 Å². The second-order valence-electron chi connectivity index (χ2n) is 5.39. The van der Waals surface area contributed by atoms with E-state index in [4.69, 9.17) is 11.6 Å². The van der Waals surface area contributed by atoms with Gasteiger partial charge < -0.3 is 5.32 Å². The van der Waals surface area contributed by atoms with Gasteiger partial charge in [-0.1, -0.05) is 18.0 Å². The molecule has 2 aromatic heterocycles. The van der Waals surface area contributed by atoms with Gasteiger partial charge in [0, 0.05) is 17.6 Å². The lowest BCUT2D eigenvalue weighted by molar-refractivity contribution is 0.262. The Bertz CT molecular complexity index is 693. The number of aromatic nitrogens is 3. The number of anilines is 1. The van der Waals surface area contributed by atoms with Gasteiger partial charge in [-0.2, -0.15) is 5.10 Å². The summed E-state index contributed by atoms with van der Waals surface area (Å²) in [7, 11) is 0. The minimum absolute atomic E-state index is 0.150. The van der Waals surface area contributed by atoms with Gasteiger partial charge in [-0.05, 0) is 25.7 Å². The Morgan fingerprint density at radius 1 is 1.52 bits per heavy atom. The maximum Gasteiger partial charge on any atom is 0.291 e. The Hall–Kier alpha value is -1.40. The summed E-state index contributed by atoms with van der Waals surface area (Å²) in [5.41, 5.74) is 1.25. The van der Waals surface area contributed by atoms with Crippen molar-refractivity contribution in [3.8, 4) is 0 Å². The molecule has 0 amide bonds. The van der Waals surface area contributed by atoms with E-state index in [9.17, 15) is 4.79 Å². The summed E-state index contributed by atoms with van der Waals surface area (Å²) in [6.07, 6.45) is 5.15. The van der Waals surface area contributed by atoms with Gasteiger partial charge in [0.1, 0.15) is 10.7 Å². The van der Waals surface area contributed by atoms with Crippen molar-refractivity contribution in [1.29, 1.82) is 0 Å². The minimum atomic E-state index is -0.150. The van der Waals surface area contributed by atoms with E-state index in [1.807, 2.05) is 12.3 Å². The molecule has 2 heterocycles. The topological polar surface area (TPSA) is 59.8 Å². The van der Waals surface area contributed by atoms with Gasteiger partial charge in [0.2, 0.25) is 0 Å². The van der Waals surface area contributed by atoms with Crippen molar-refractivity contribution < 1.29 is 0 Å². The molecule has 112 valence electrons. The number of rotatable bonds is 5. The molecule has 1 aliphatic carbocycles. The first kappa shape index (κ1) is 14.5. The molecule has 0 radical (unpaired) electrons. The largest absolute Gasteiger partial charge is 0.373 e. The average molecular weight is 325 g/mol. The number of nitrogens with one attached hydrogen (secondary N) is 1. The molecule has 7 heteroatoms. The van der Waals surface area contributed by atoms with Gasteiger partial charge >= 0.3 is 0 Å². The highest BCUT2D eigenvalue weighted by atomic mass is 35.5. The zero-order valence-electron chi connectivity index (χ0n) is 11.8. The van der Waals surface area contributed by atoms with Gasteiger partial charge in [-0.25, -0.2) is 9.67 Å². The molecule has 0 atom stereocenters. The summed E-state index contributed by atoms with van der Waals surface area (Å²) in [6.45, 7) is 3.13. The van der Waals surface area contributed by atoms with Crippen molar-refractivity contribution in [2.24, 2.45) is 5.92 Å². The van der Waals surface area contributed by atoms with Crippen molar-refractivity contribution in [2.45, 2.75) is 39.3 Å². The van der Waals surface area contributed by atoms with E-state index in [0.29, 0.717) is 29.7 Å². The summed E-state index contributed by atoms with van der Waals surface area (Å²) in [6, 6.07) is 0. The van der Waals surface area contributed by atoms with Gasteiger partial charge in [0.05, 0.1) is 17.8 Å². The highest BCUT2D eigenvalue weighted by molar-refractivity contribution is 7.09. The summed E-state index contributed by atoms with van der Waals surface area (Å²) in [5, 5.41) is 10.5. The van der Waals surface area contributed by atoms with Crippen LogP contribution in [0, 0.1) is 12.8 Å². The quantitative estimate of drug-likeness (QED) is 0.918.